The summed E-state index contributed by atoms with van der Waals surface area (Å²) in [6.07, 6.45) is 1.10. The molecular weight excluding hydrogens is 240 g/mol. The minimum atomic E-state index is -0.183. The Morgan fingerprint density at radius 2 is 2.26 bits per heavy atom. The van der Waals surface area contributed by atoms with Crippen molar-refractivity contribution < 1.29 is 9.53 Å². The van der Waals surface area contributed by atoms with Gasteiger partial charge in [0.05, 0.1) is 18.6 Å². The van der Waals surface area contributed by atoms with Crippen molar-refractivity contribution in [1.29, 1.82) is 0 Å². The van der Waals surface area contributed by atoms with Crippen LogP contribution < -0.4 is 5.73 Å². The molecule has 104 valence electrons. The van der Waals surface area contributed by atoms with Gasteiger partial charge in [0.25, 0.3) is 0 Å². The van der Waals surface area contributed by atoms with E-state index < -0.39 is 0 Å². The zero-order valence-corrected chi connectivity index (χ0v) is 11.6. The quantitative estimate of drug-likeness (QED) is 0.894. The lowest BCUT2D eigenvalue weighted by Crippen LogP contribution is -2.41. The monoisotopic (exact) mass is 262 g/mol. The normalized spacial score (nSPS) is 19.9. The zero-order valence-electron chi connectivity index (χ0n) is 11.6. The molecule has 1 aromatic rings. The average Bonchev–Trinajstić information content (AvgIpc) is 2.45. The predicted molar refractivity (Wildman–Crippen MR) is 74.7 cm³/mol. The van der Waals surface area contributed by atoms with Gasteiger partial charge < -0.3 is 15.4 Å². The molecular formula is C15H22N2O2. The van der Waals surface area contributed by atoms with E-state index in [1.54, 1.807) is 7.11 Å². The number of nitrogens with two attached hydrogens (primary N) is 1. The van der Waals surface area contributed by atoms with Crippen LogP contribution in [0.1, 0.15) is 30.5 Å². The molecule has 0 aliphatic carbocycles. The van der Waals surface area contributed by atoms with Gasteiger partial charge in [0.2, 0.25) is 5.91 Å². The molecule has 2 atom stereocenters. The van der Waals surface area contributed by atoms with Crippen LogP contribution in [0.15, 0.2) is 24.3 Å². The molecule has 0 fully saturated rings. The van der Waals surface area contributed by atoms with Gasteiger partial charge >= 0.3 is 0 Å². The lowest BCUT2D eigenvalue weighted by molar-refractivity contribution is -0.136. The summed E-state index contributed by atoms with van der Waals surface area (Å²) in [5, 5.41) is 0. The van der Waals surface area contributed by atoms with Crippen LogP contribution in [0.4, 0.5) is 0 Å². The van der Waals surface area contributed by atoms with Crippen molar-refractivity contribution in [3.8, 4) is 0 Å². The van der Waals surface area contributed by atoms with E-state index in [0.29, 0.717) is 13.0 Å². The Bertz CT molecular complexity index is 444. The summed E-state index contributed by atoms with van der Waals surface area (Å²) in [6.45, 7) is 3.24. The minimum Gasteiger partial charge on any atom is -0.380 e. The van der Waals surface area contributed by atoms with Crippen LogP contribution in [-0.4, -0.2) is 37.1 Å². The number of nitrogens with zero attached hydrogens (tertiary/aromatic N) is 1. The maximum atomic E-state index is 12.3. The van der Waals surface area contributed by atoms with Gasteiger partial charge in [-0.25, -0.2) is 0 Å². The van der Waals surface area contributed by atoms with E-state index in [1.165, 1.54) is 11.1 Å². The van der Waals surface area contributed by atoms with Gasteiger partial charge in [-0.3, -0.25) is 4.79 Å². The van der Waals surface area contributed by atoms with Gasteiger partial charge in [0, 0.05) is 20.2 Å². The summed E-state index contributed by atoms with van der Waals surface area (Å²) in [4.78, 5) is 14.3. The number of carbonyl (C=O) groups is 1. The smallest absolute Gasteiger partial charge is 0.225 e. The SMILES string of the molecule is COC(CN)CC(=O)N1CCc2ccccc2C1C. The Morgan fingerprint density at radius 1 is 1.53 bits per heavy atom. The molecule has 2 unspecified atom stereocenters. The molecule has 1 heterocycles. The van der Waals surface area contributed by atoms with E-state index in [9.17, 15) is 4.79 Å². The molecule has 1 aliphatic heterocycles. The third-order valence-corrected chi connectivity index (χ3v) is 3.91. The van der Waals surface area contributed by atoms with Crippen molar-refractivity contribution in [2.75, 3.05) is 20.2 Å². The second-order valence-corrected chi connectivity index (χ2v) is 5.01. The summed E-state index contributed by atoms with van der Waals surface area (Å²) >= 11 is 0. The number of hydrogen-bond donors (Lipinski definition) is 1. The first-order chi connectivity index (χ1) is 9.17. The third-order valence-electron chi connectivity index (χ3n) is 3.91. The number of benzene rings is 1. The zero-order chi connectivity index (χ0) is 13.8. The number of ether oxygens (including phenoxy) is 1. The van der Waals surface area contributed by atoms with E-state index in [-0.39, 0.29) is 18.1 Å². The first-order valence-corrected chi connectivity index (χ1v) is 6.77. The Labute approximate surface area is 114 Å². The Morgan fingerprint density at radius 3 is 2.95 bits per heavy atom. The van der Waals surface area contributed by atoms with Gasteiger partial charge in [-0.05, 0) is 24.5 Å². The van der Waals surface area contributed by atoms with Crippen LogP contribution in [0.25, 0.3) is 0 Å². The number of amides is 1. The van der Waals surface area contributed by atoms with E-state index in [4.69, 9.17) is 10.5 Å². The Hall–Kier alpha value is -1.39. The lowest BCUT2D eigenvalue weighted by Gasteiger charge is -2.36. The number of carbonyl (C=O) groups excluding carboxylic acids is 1. The molecule has 0 bridgehead atoms. The van der Waals surface area contributed by atoms with Crippen LogP contribution in [0.5, 0.6) is 0 Å². The molecule has 2 N–H and O–H groups in total. The maximum Gasteiger partial charge on any atom is 0.225 e. The highest BCUT2D eigenvalue weighted by Gasteiger charge is 2.28. The summed E-state index contributed by atoms with van der Waals surface area (Å²) in [7, 11) is 1.60. The predicted octanol–water partition coefficient (Wildman–Crippen LogP) is 1.50. The van der Waals surface area contributed by atoms with Gasteiger partial charge in [0.15, 0.2) is 0 Å². The fraction of sp³-hybridized carbons (Fsp3) is 0.533. The highest BCUT2D eigenvalue weighted by Crippen LogP contribution is 2.29. The van der Waals surface area contributed by atoms with Crippen LogP contribution in [0.2, 0.25) is 0 Å². The van der Waals surface area contributed by atoms with Crippen molar-refractivity contribution in [1.82, 2.24) is 4.90 Å². The standard InChI is InChI=1S/C15H22N2O2/c1-11-14-6-4-3-5-12(14)7-8-17(11)15(18)9-13(10-16)19-2/h3-6,11,13H,7-10,16H2,1-2H3. The van der Waals surface area contributed by atoms with Crippen molar-refractivity contribution >= 4 is 5.91 Å². The molecule has 19 heavy (non-hydrogen) atoms. The van der Waals surface area contributed by atoms with E-state index in [1.807, 2.05) is 11.0 Å². The highest BCUT2D eigenvalue weighted by molar-refractivity contribution is 5.77. The van der Waals surface area contributed by atoms with Crippen LogP contribution in [0, 0.1) is 0 Å². The van der Waals surface area contributed by atoms with Gasteiger partial charge in [-0.15, -0.1) is 0 Å². The molecule has 4 heteroatoms. The summed E-state index contributed by atoms with van der Waals surface area (Å²) in [5.74, 6) is 0.124. The number of methoxy groups -OCH3 is 1. The molecule has 1 amide bonds. The third kappa shape index (κ3) is 2.96. The molecule has 0 saturated carbocycles. The van der Waals surface area contributed by atoms with Crippen LogP contribution >= 0.6 is 0 Å². The van der Waals surface area contributed by atoms with Gasteiger partial charge in [-0.1, -0.05) is 24.3 Å². The van der Waals surface area contributed by atoms with E-state index in [2.05, 4.69) is 25.1 Å². The lowest BCUT2D eigenvalue weighted by atomic mass is 9.93. The van der Waals surface area contributed by atoms with Crippen LogP contribution in [0.3, 0.4) is 0 Å². The summed E-state index contributed by atoms with van der Waals surface area (Å²) in [6, 6.07) is 8.47. The summed E-state index contributed by atoms with van der Waals surface area (Å²) in [5.41, 5.74) is 8.18. The number of rotatable bonds is 4. The average molecular weight is 262 g/mol. The fourth-order valence-electron chi connectivity index (χ4n) is 2.69. The van der Waals surface area contributed by atoms with Crippen molar-refractivity contribution in [3.63, 3.8) is 0 Å². The second-order valence-electron chi connectivity index (χ2n) is 5.01. The second kappa shape index (κ2) is 6.17. The number of hydrogen-bond acceptors (Lipinski definition) is 3. The first-order valence-electron chi connectivity index (χ1n) is 6.77. The minimum absolute atomic E-state index is 0.124. The number of fused-ring (bicyclic) bond motifs is 1. The van der Waals surface area contributed by atoms with Crippen molar-refractivity contribution in [2.24, 2.45) is 5.73 Å². The molecule has 0 spiro atoms. The topological polar surface area (TPSA) is 55.6 Å². The molecule has 1 aromatic carbocycles. The molecule has 0 aromatic heterocycles. The van der Waals surface area contributed by atoms with Crippen molar-refractivity contribution in [3.05, 3.63) is 35.4 Å². The van der Waals surface area contributed by atoms with E-state index >= 15 is 0 Å². The molecule has 2 rings (SSSR count). The van der Waals surface area contributed by atoms with Crippen molar-refractivity contribution in [2.45, 2.75) is 31.9 Å². The van der Waals surface area contributed by atoms with Gasteiger partial charge in [-0.2, -0.15) is 0 Å². The first kappa shape index (κ1) is 14.0. The fourth-order valence-corrected chi connectivity index (χ4v) is 2.69. The molecule has 0 saturated heterocycles. The summed E-state index contributed by atoms with van der Waals surface area (Å²) < 4.78 is 5.19. The maximum absolute atomic E-state index is 12.3. The Balaban J connectivity index is 2.09. The van der Waals surface area contributed by atoms with E-state index in [0.717, 1.165) is 13.0 Å². The van der Waals surface area contributed by atoms with Crippen LogP contribution in [-0.2, 0) is 16.0 Å². The highest BCUT2D eigenvalue weighted by atomic mass is 16.5. The molecule has 4 nitrogen and oxygen atoms in total. The largest absolute Gasteiger partial charge is 0.380 e. The Kier molecular flexibility index (Phi) is 4.56. The molecule has 1 aliphatic rings. The van der Waals surface area contributed by atoms with Gasteiger partial charge in [0.1, 0.15) is 0 Å². The molecule has 0 radical (unpaired) electrons.